The van der Waals surface area contributed by atoms with Gasteiger partial charge in [-0.2, -0.15) is 0 Å². The number of carbonyl (C=O) groups excluding carboxylic acids is 1. The lowest BCUT2D eigenvalue weighted by atomic mass is 10.2. The van der Waals surface area contributed by atoms with E-state index in [1.807, 2.05) is 6.92 Å². The van der Waals surface area contributed by atoms with Gasteiger partial charge in [0.2, 0.25) is 0 Å². The molecule has 2 aliphatic rings. The van der Waals surface area contributed by atoms with Crippen LogP contribution in [0.5, 0.6) is 0 Å². The molecule has 0 radical (unpaired) electrons. The number of carbonyl (C=O) groups is 1. The van der Waals surface area contributed by atoms with Crippen LogP contribution < -0.4 is 0 Å². The van der Waals surface area contributed by atoms with Gasteiger partial charge < -0.3 is 4.74 Å². The summed E-state index contributed by atoms with van der Waals surface area (Å²) in [7, 11) is 0. The highest BCUT2D eigenvalue weighted by molar-refractivity contribution is 5.71. The van der Waals surface area contributed by atoms with E-state index in [2.05, 4.69) is 4.90 Å². The van der Waals surface area contributed by atoms with Crippen molar-refractivity contribution in [2.45, 2.75) is 45.1 Å². The minimum Gasteiger partial charge on any atom is -0.465 e. The highest BCUT2D eigenvalue weighted by Gasteiger charge is 2.32. The molecule has 0 heterocycles. The van der Waals surface area contributed by atoms with Crippen molar-refractivity contribution in [3.8, 4) is 0 Å². The van der Waals surface area contributed by atoms with Crippen LogP contribution in [0.1, 0.15) is 39.0 Å². The number of nitrogens with zero attached hydrogens (tertiary/aromatic N) is 1. The van der Waals surface area contributed by atoms with Crippen molar-refractivity contribution < 1.29 is 9.53 Å². The van der Waals surface area contributed by atoms with E-state index in [1.165, 1.54) is 32.1 Å². The van der Waals surface area contributed by atoms with Crippen LogP contribution >= 0.6 is 0 Å². The molecular weight excluding hydrogens is 190 g/mol. The van der Waals surface area contributed by atoms with Crippen LogP contribution in [0.15, 0.2) is 0 Å². The van der Waals surface area contributed by atoms with Crippen molar-refractivity contribution in [3.63, 3.8) is 0 Å². The Balaban J connectivity index is 1.69. The molecule has 2 fully saturated rings. The molecule has 0 unspecified atom stereocenters. The molecule has 0 atom stereocenters. The first kappa shape index (κ1) is 10.9. The molecule has 0 aromatic carbocycles. The Morgan fingerprint density at radius 3 is 2.60 bits per heavy atom. The first-order valence-corrected chi connectivity index (χ1v) is 6.19. The van der Waals surface area contributed by atoms with Gasteiger partial charge in [0.1, 0.15) is 0 Å². The fourth-order valence-electron chi connectivity index (χ4n) is 1.96. The molecule has 0 spiro atoms. The van der Waals surface area contributed by atoms with E-state index in [0.29, 0.717) is 19.2 Å². The minimum atomic E-state index is -0.0554. The van der Waals surface area contributed by atoms with Crippen LogP contribution in [0, 0.1) is 5.92 Å². The van der Waals surface area contributed by atoms with Gasteiger partial charge in [0.15, 0.2) is 0 Å². The highest BCUT2D eigenvalue weighted by Crippen LogP contribution is 2.34. The Bertz CT molecular complexity index is 222. The zero-order chi connectivity index (χ0) is 10.7. The summed E-state index contributed by atoms with van der Waals surface area (Å²) in [4.78, 5) is 13.7. The number of hydrogen-bond donors (Lipinski definition) is 0. The Morgan fingerprint density at radius 2 is 2.07 bits per heavy atom. The average molecular weight is 211 g/mol. The third-order valence-electron chi connectivity index (χ3n) is 3.22. The van der Waals surface area contributed by atoms with Crippen LogP contribution in [0.25, 0.3) is 0 Å². The number of rotatable bonds is 7. The molecule has 2 rings (SSSR count). The largest absolute Gasteiger partial charge is 0.465 e. The van der Waals surface area contributed by atoms with E-state index in [9.17, 15) is 4.79 Å². The first-order valence-electron chi connectivity index (χ1n) is 6.19. The van der Waals surface area contributed by atoms with Crippen LogP contribution in [0.4, 0.5) is 0 Å². The van der Waals surface area contributed by atoms with Gasteiger partial charge in [0, 0.05) is 6.04 Å². The quantitative estimate of drug-likeness (QED) is 0.601. The van der Waals surface area contributed by atoms with Crippen LogP contribution in [-0.4, -0.2) is 36.6 Å². The van der Waals surface area contributed by atoms with Gasteiger partial charge in [-0.1, -0.05) is 12.8 Å². The molecule has 3 nitrogen and oxygen atoms in total. The fourth-order valence-corrected chi connectivity index (χ4v) is 1.96. The minimum absolute atomic E-state index is 0.0554. The lowest BCUT2D eigenvalue weighted by molar-refractivity contribution is -0.144. The third-order valence-corrected chi connectivity index (χ3v) is 3.22. The predicted molar refractivity (Wildman–Crippen MR) is 58.6 cm³/mol. The van der Waals surface area contributed by atoms with E-state index >= 15 is 0 Å². The van der Waals surface area contributed by atoms with Crippen molar-refractivity contribution >= 4 is 5.97 Å². The number of ether oxygens (including phenoxy) is 1. The van der Waals surface area contributed by atoms with Gasteiger partial charge >= 0.3 is 5.97 Å². The van der Waals surface area contributed by atoms with Gasteiger partial charge in [-0.3, -0.25) is 9.69 Å². The van der Waals surface area contributed by atoms with Crippen molar-refractivity contribution in [1.82, 2.24) is 4.90 Å². The summed E-state index contributed by atoms with van der Waals surface area (Å²) in [5.74, 6) is 0.897. The Morgan fingerprint density at radius 1 is 1.33 bits per heavy atom. The predicted octanol–water partition coefficient (Wildman–Crippen LogP) is 1.81. The van der Waals surface area contributed by atoms with Gasteiger partial charge in [-0.15, -0.1) is 0 Å². The van der Waals surface area contributed by atoms with E-state index < -0.39 is 0 Å². The summed E-state index contributed by atoms with van der Waals surface area (Å²) in [6.07, 6.45) is 6.61. The standard InChI is InChI=1S/C12H21NO2/c1-2-15-12(14)9-13(11-5-6-11)8-7-10-3-4-10/h10-11H,2-9H2,1H3. The summed E-state index contributed by atoms with van der Waals surface area (Å²) < 4.78 is 4.99. The Labute approximate surface area is 91.8 Å². The molecule has 3 heteroatoms. The number of hydrogen-bond acceptors (Lipinski definition) is 3. The lowest BCUT2D eigenvalue weighted by Gasteiger charge is -2.20. The first-order chi connectivity index (χ1) is 7.29. The molecule has 0 saturated heterocycles. The molecule has 2 aliphatic carbocycles. The Hall–Kier alpha value is -0.570. The van der Waals surface area contributed by atoms with Gasteiger partial charge in [-0.25, -0.2) is 0 Å². The molecule has 0 N–H and O–H groups in total. The van der Waals surface area contributed by atoms with Crippen LogP contribution in [-0.2, 0) is 9.53 Å². The maximum atomic E-state index is 11.4. The zero-order valence-corrected chi connectivity index (χ0v) is 9.58. The van der Waals surface area contributed by atoms with Gasteiger partial charge in [0.25, 0.3) is 0 Å². The third kappa shape index (κ3) is 3.82. The molecule has 0 aromatic rings. The maximum Gasteiger partial charge on any atom is 0.320 e. The van der Waals surface area contributed by atoms with Crippen LogP contribution in [0.3, 0.4) is 0 Å². The summed E-state index contributed by atoms with van der Waals surface area (Å²) in [6, 6.07) is 0.674. The van der Waals surface area contributed by atoms with Crippen molar-refractivity contribution in [3.05, 3.63) is 0 Å². The second kappa shape index (κ2) is 4.97. The van der Waals surface area contributed by atoms with Gasteiger partial charge in [0.05, 0.1) is 13.2 Å². The average Bonchev–Trinajstić information content (AvgIpc) is 3.02. The molecular formula is C12H21NO2. The van der Waals surface area contributed by atoms with Gasteiger partial charge in [-0.05, 0) is 38.6 Å². The Kier molecular flexibility index (Phi) is 3.62. The van der Waals surface area contributed by atoms with Crippen molar-refractivity contribution in [1.29, 1.82) is 0 Å². The van der Waals surface area contributed by atoms with Crippen molar-refractivity contribution in [2.24, 2.45) is 5.92 Å². The van der Waals surface area contributed by atoms with E-state index in [4.69, 9.17) is 4.74 Å². The second-order valence-electron chi connectivity index (χ2n) is 4.74. The molecule has 0 amide bonds. The normalized spacial score (nSPS) is 20.7. The summed E-state index contributed by atoms with van der Waals surface area (Å²) in [5.41, 5.74) is 0. The maximum absolute atomic E-state index is 11.4. The van der Waals surface area contributed by atoms with E-state index in [-0.39, 0.29) is 5.97 Å². The molecule has 0 bridgehead atoms. The summed E-state index contributed by atoms with van der Waals surface area (Å²) >= 11 is 0. The SMILES string of the molecule is CCOC(=O)CN(CCC1CC1)C1CC1. The number of esters is 1. The molecule has 0 aliphatic heterocycles. The summed E-state index contributed by atoms with van der Waals surface area (Å²) in [5, 5.41) is 0. The monoisotopic (exact) mass is 211 g/mol. The lowest BCUT2D eigenvalue weighted by Crippen LogP contribution is -2.34. The molecule has 0 aromatic heterocycles. The molecule has 2 saturated carbocycles. The van der Waals surface area contributed by atoms with E-state index in [1.54, 1.807) is 0 Å². The fraction of sp³-hybridized carbons (Fsp3) is 0.917. The molecule has 15 heavy (non-hydrogen) atoms. The summed E-state index contributed by atoms with van der Waals surface area (Å²) in [6.45, 7) is 3.96. The topological polar surface area (TPSA) is 29.5 Å². The second-order valence-corrected chi connectivity index (χ2v) is 4.74. The smallest absolute Gasteiger partial charge is 0.320 e. The molecule has 86 valence electrons. The highest BCUT2D eigenvalue weighted by atomic mass is 16.5. The van der Waals surface area contributed by atoms with Crippen LogP contribution in [0.2, 0.25) is 0 Å². The zero-order valence-electron chi connectivity index (χ0n) is 9.58. The van der Waals surface area contributed by atoms with E-state index in [0.717, 1.165) is 12.5 Å². The van der Waals surface area contributed by atoms with Crippen molar-refractivity contribution in [2.75, 3.05) is 19.7 Å².